The highest BCUT2D eigenvalue weighted by Gasteiger charge is 2.58. The molecule has 5 aliphatic rings. The fourth-order valence-electron chi connectivity index (χ4n) is 9.85. The smallest absolute Gasteiger partial charge is 0.00853 e. The maximum atomic E-state index is 2.76. The standard InChI is InChI=1S/C29H48/c1-21(12-13-22-9-5-4-6-10-22)25-16-17-26-24-15-14-23-11-7-8-19-28(23,2)27(24)18-20-29(25,26)3/h14,21-22,24-27H,4-13,15-20H2,1-3H3. The molecule has 0 heteroatoms. The molecule has 0 spiro atoms. The molecule has 0 aromatic heterocycles. The van der Waals surface area contributed by atoms with Gasteiger partial charge >= 0.3 is 0 Å². The molecular formula is C29H48. The van der Waals surface area contributed by atoms with Gasteiger partial charge in [0.15, 0.2) is 0 Å². The first kappa shape index (κ1) is 20.6. The van der Waals surface area contributed by atoms with Crippen LogP contribution in [0.4, 0.5) is 0 Å². The summed E-state index contributed by atoms with van der Waals surface area (Å²) in [5, 5.41) is 0. The zero-order valence-electron chi connectivity index (χ0n) is 19.9. The third kappa shape index (κ3) is 3.47. The van der Waals surface area contributed by atoms with Crippen LogP contribution >= 0.6 is 0 Å². The van der Waals surface area contributed by atoms with E-state index in [0.29, 0.717) is 10.8 Å². The summed E-state index contributed by atoms with van der Waals surface area (Å²) in [7, 11) is 0. The second-order valence-electron chi connectivity index (χ2n) is 12.8. The van der Waals surface area contributed by atoms with Crippen LogP contribution in [0.2, 0.25) is 0 Å². The van der Waals surface area contributed by atoms with E-state index in [1.165, 1.54) is 83.5 Å². The Bertz CT molecular complexity index is 610. The molecular weight excluding hydrogens is 348 g/mol. The SMILES string of the molecule is CC(CCC1CCCCC1)C1CCC2C3CC=C4CCCCC4(C)C3CCC12C. The van der Waals surface area contributed by atoms with Crippen molar-refractivity contribution >= 4 is 0 Å². The summed E-state index contributed by atoms with van der Waals surface area (Å²) in [4.78, 5) is 0. The summed E-state index contributed by atoms with van der Waals surface area (Å²) < 4.78 is 0. The van der Waals surface area contributed by atoms with Crippen LogP contribution in [0.25, 0.3) is 0 Å². The molecule has 0 aromatic rings. The molecule has 4 fully saturated rings. The van der Waals surface area contributed by atoms with E-state index in [9.17, 15) is 0 Å². The second kappa shape index (κ2) is 8.02. The van der Waals surface area contributed by atoms with E-state index in [1.54, 1.807) is 19.3 Å². The van der Waals surface area contributed by atoms with Gasteiger partial charge in [0.05, 0.1) is 0 Å². The van der Waals surface area contributed by atoms with Crippen molar-refractivity contribution in [1.29, 1.82) is 0 Å². The zero-order chi connectivity index (χ0) is 20.1. The van der Waals surface area contributed by atoms with Crippen LogP contribution in [0, 0.1) is 46.3 Å². The van der Waals surface area contributed by atoms with E-state index in [1.807, 2.05) is 5.57 Å². The summed E-state index contributed by atoms with van der Waals surface area (Å²) in [6, 6.07) is 0. The van der Waals surface area contributed by atoms with Crippen molar-refractivity contribution in [2.75, 3.05) is 0 Å². The van der Waals surface area contributed by atoms with Crippen molar-refractivity contribution in [3.8, 4) is 0 Å². The van der Waals surface area contributed by atoms with Gasteiger partial charge in [0, 0.05) is 0 Å². The van der Waals surface area contributed by atoms with Crippen molar-refractivity contribution in [1.82, 2.24) is 0 Å². The second-order valence-corrected chi connectivity index (χ2v) is 12.8. The van der Waals surface area contributed by atoms with E-state index < -0.39 is 0 Å². The van der Waals surface area contributed by atoms with Crippen molar-refractivity contribution in [2.45, 2.75) is 124 Å². The monoisotopic (exact) mass is 396 g/mol. The minimum Gasteiger partial charge on any atom is -0.0845 e. The van der Waals surface area contributed by atoms with E-state index in [-0.39, 0.29) is 0 Å². The Morgan fingerprint density at radius 3 is 2.55 bits per heavy atom. The largest absolute Gasteiger partial charge is 0.0845 e. The quantitative estimate of drug-likeness (QED) is 0.416. The van der Waals surface area contributed by atoms with Crippen LogP contribution in [0.1, 0.15) is 124 Å². The number of fused-ring (bicyclic) bond motifs is 5. The molecule has 0 aromatic carbocycles. The maximum Gasteiger partial charge on any atom is -0.00853 e. The van der Waals surface area contributed by atoms with E-state index in [4.69, 9.17) is 0 Å². The first-order valence-corrected chi connectivity index (χ1v) is 13.7. The van der Waals surface area contributed by atoms with Crippen molar-refractivity contribution in [3.05, 3.63) is 11.6 Å². The van der Waals surface area contributed by atoms with Gasteiger partial charge in [-0.2, -0.15) is 0 Å². The van der Waals surface area contributed by atoms with E-state index in [2.05, 4.69) is 26.8 Å². The molecule has 0 aliphatic heterocycles. The topological polar surface area (TPSA) is 0 Å². The van der Waals surface area contributed by atoms with Crippen molar-refractivity contribution in [2.24, 2.45) is 46.3 Å². The van der Waals surface area contributed by atoms with Gasteiger partial charge in [-0.05, 0) is 97.7 Å². The Hall–Kier alpha value is -0.260. The first-order chi connectivity index (χ1) is 14.0. The Balaban J connectivity index is 1.28. The fourth-order valence-corrected chi connectivity index (χ4v) is 9.85. The molecule has 29 heavy (non-hydrogen) atoms. The predicted octanol–water partition coefficient (Wildman–Crippen LogP) is 8.95. The van der Waals surface area contributed by atoms with Gasteiger partial charge in [-0.1, -0.05) is 83.8 Å². The minimum atomic E-state index is 0.577. The normalized spacial score (nSPS) is 46.4. The van der Waals surface area contributed by atoms with Crippen LogP contribution < -0.4 is 0 Å². The average molecular weight is 397 g/mol. The lowest BCUT2D eigenvalue weighted by Crippen LogP contribution is -2.50. The number of allylic oxidation sites excluding steroid dienone is 2. The fraction of sp³-hybridized carbons (Fsp3) is 0.931. The number of hydrogen-bond acceptors (Lipinski definition) is 0. The van der Waals surface area contributed by atoms with Gasteiger partial charge < -0.3 is 0 Å². The van der Waals surface area contributed by atoms with Gasteiger partial charge in [-0.3, -0.25) is 0 Å². The van der Waals surface area contributed by atoms with Gasteiger partial charge in [-0.15, -0.1) is 0 Å². The van der Waals surface area contributed by atoms with Gasteiger partial charge in [-0.25, -0.2) is 0 Å². The lowest BCUT2D eigenvalue weighted by Gasteiger charge is -2.58. The van der Waals surface area contributed by atoms with Crippen LogP contribution in [0.15, 0.2) is 11.6 Å². The molecule has 5 aliphatic carbocycles. The molecule has 0 N–H and O–H groups in total. The van der Waals surface area contributed by atoms with E-state index >= 15 is 0 Å². The molecule has 0 radical (unpaired) electrons. The minimum absolute atomic E-state index is 0.577. The lowest BCUT2D eigenvalue weighted by molar-refractivity contribution is -0.0503. The summed E-state index contributed by atoms with van der Waals surface area (Å²) >= 11 is 0. The Morgan fingerprint density at radius 2 is 1.72 bits per heavy atom. The number of hydrogen-bond donors (Lipinski definition) is 0. The lowest BCUT2D eigenvalue weighted by atomic mass is 9.47. The summed E-state index contributed by atoms with van der Waals surface area (Å²) in [5.74, 6) is 6.10. The maximum absolute atomic E-state index is 2.76. The highest BCUT2D eigenvalue weighted by Crippen LogP contribution is 2.67. The summed E-state index contributed by atoms with van der Waals surface area (Å²) in [6.07, 6.45) is 26.9. The predicted molar refractivity (Wildman–Crippen MR) is 125 cm³/mol. The highest BCUT2D eigenvalue weighted by molar-refractivity contribution is 5.24. The molecule has 5 rings (SSSR count). The third-order valence-electron chi connectivity index (χ3n) is 11.5. The highest BCUT2D eigenvalue weighted by atomic mass is 14.6. The molecule has 164 valence electrons. The Labute approximate surface area is 181 Å². The Morgan fingerprint density at radius 1 is 0.897 bits per heavy atom. The molecule has 4 saturated carbocycles. The average Bonchev–Trinajstić information content (AvgIpc) is 3.09. The van der Waals surface area contributed by atoms with Crippen molar-refractivity contribution < 1.29 is 0 Å². The summed E-state index contributed by atoms with van der Waals surface area (Å²) in [5.41, 5.74) is 3.11. The number of rotatable bonds is 4. The summed E-state index contributed by atoms with van der Waals surface area (Å²) in [6.45, 7) is 8.08. The van der Waals surface area contributed by atoms with Gasteiger partial charge in [0.25, 0.3) is 0 Å². The van der Waals surface area contributed by atoms with Crippen LogP contribution in [0.3, 0.4) is 0 Å². The molecule has 0 heterocycles. The van der Waals surface area contributed by atoms with Gasteiger partial charge in [0.1, 0.15) is 0 Å². The molecule has 7 atom stereocenters. The van der Waals surface area contributed by atoms with E-state index in [0.717, 1.165) is 35.5 Å². The molecule has 7 unspecified atom stereocenters. The molecule has 0 saturated heterocycles. The van der Waals surface area contributed by atoms with Crippen LogP contribution in [-0.2, 0) is 0 Å². The van der Waals surface area contributed by atoms with Crippen molar-refractivity contribution in [3.63, 3.8) is 0 Å². The molecule has 0 amide bonds. The van der Waals surface area contributed by atoms with Crippen LogP contribution in [-0.4, -0.2) is 0 Å². The third-order valence-corrected chi connectivity index (χ3v) is 11.5. The molecule has 0 bridgehead atoms. The molecule has 0 nitrogen and oxygen atoms in total. The van der Waals surface area contributed by atoms with Crippen LogP contribution in [0.5, 0.6) is 0 Å². The zero-order valence-corrected chi connectivity index (χ0v) is 19.9. The van der Waals surface area contributed by atoms with Gasteiger partial charge in [0.2, 0.25) is 0 Å². The Kier molecular flexibility index (Phi) is 5.70. The first-order valence-electron chi connectivity index (χ1n) is 13.7.